The van der Waals surface area contributed by atoms with Crippen LogP contribution in [0.15, 0.2) is 84.0 Å². The third-order valence-corrected chi connectivity index (χ3v) is 7.78. The molecule has 4 rings (SSSR count). The molecule has 3 aromatic rings. The first-order valence-electron chi connectivity index (χ1n) is 13.6. The number of hydrogen-bond donors (Lipinski definition) is 2. The third-order valence-electron chi connectivity index (χ3n) is 6.64. The number of anilines is 1. The summed E-state index contributed by atoms with van der Waals surface area (Å²) in [5.41, 5.74) is 2.84. The predicted octanol–water partition coefficient (Wildman–Crippen LogP) is 6.44. The quantitative estimate of drug-likeness (QED) is 0.189. The number of unbranched alkanes of at least 4 members (excludes halogenated alkanes) is 3. The molecule has 3 atom stereocenters. The number of pyridine rings is 1. The maximum Gasteiger partial charge on any atom is 0.224 e. The lowest BCUT2D eigenvalue weighted by molar-refractivity contribution is -0.245. The SMILES string of the molecule is CNC(=O)CCCCCCC(=O)Nc1ccc(C2CC(CSc3ccncc3)OC(c3ccccc3)O2)cc1. The molecule has 1 fully saturated rings. The molecule has 3 unspecified atom stereocenters. The Labute approximate surface area is 235 Å². The molecule has 1 aromatic heterocycles. The van der Waals surface area contributed by atoms with E-state index in [1.165, 1.54) is 0 Å². The van der Waals surface area contributed by atoms with Crippen LogP contribution in [0.1, 0.15) is 68.5 Å². The molecule has 2 aromatic carbocycles. The lowest BCUT2D eigenvalue weighted by Crippen LogP contribution is -2.31. The molecule has 7 nitrogen and oxygen atoms in total. The lowest BCUT2D eigenvalue weighted by Gasteiger charge is -2.36. The molecule has 39 heavy (non-hydrogen) atoms. The Balaban J connectivity index is 1.30. The molecule has 1 aliphatic heterocycles. The van der Waals surface area contributed by atoms with Crippen molar-refractivity contribution in [3.63, 3.8) is 0 Å². The number of nitrogens with one attached hydrogen (secondary N) is 2. The molecule has 2 heterocycles. The minimum absolute atomic E-state index is 0.00806. The van der Waals surface area contributed by atoms with Gasteiger partial charge in [0, 0.05) is 60.6 Å². The molecule has 0 saturated carbocycles. The lowest BCUT2D eigenvalue weighted by atomic mass is 10.0. The van der Waals surface area contributed by atoms with Gasteiger partial charge in [-0.3, -0.25) is 14.6 Å². The van der Waals surface area contributed by atoms with Crippen LogP contribution in [-0.4, -0.2) is 35.7 Å². The molecule has 0 radical (unpaired) electrons. The highest BCUT2D eigenvalue weighted by Gasteiger charge is 2.32. The Hall–Kier alpha value is -3.20. The minimum atomic E-state index is -0.441. The molecular formula is C31H37N3O4S. The molecular weight excluding hydrogens is 510 g/mol. The third kappa shape index (κ3) is 9.49. The van der Waals surface area contributed by atoms with E-state index in [1.54, 1.807) is 31.2 Å². The van der Waals surface area contributed by atoms with Crippen molar-refractivity contribution in [1.29, 1.82) is 0 Å². The summed E-state index contributed by atoms with van der Waals surface area (Å²) < 4.78 is 12.8. The Bertz CT molecular complexity index is 1160. The summed E-state index contributed by atoms with van der Waals surface area (Å²) in [5.74, 6) is 0.888. The van der Waals surface area contributed by atoms with Gasteiger partial charge in [0.25, 0.3) is 0 Å². The van der Waals surface area contributed by atoms with Crippen LogP contribution in [0.4, 0.5) is 5.69 Å². The van der Waals surface area contributed by atoms with E-state index in [2.05, 4.69) is 15.6 Å². The van der Waals surface area contributed by atoms with E-state index in [9.17, 15) is 9.59 Å². The van der Waals surface area contributed by atoms with Crippen LogP contribution in [0.5, 0.6) is 0 Å². The number of carbonyl (C=O) groups is 2. The van der Waals surface area contributed by atoms with Crippen LogP contribution < -0.4 is 10.6 Å². The number of rotatable bonds is 13. The average molecular weight is 548 g/mol. The fraction of sp³-hybridized carbons (Fsp3) is 0.387. The fourth-order valence-corrected chi connectivity index (χ4v) is 5.38. The summed E-state index contributed by atoms with van der Waals surface area (Å²) in [5, 5.41) is 5.62. The Morgan fingerprint density at radius 2 is 1.54 bits per heavy atom. The van der Waals surface area contributed by atoms with Crippen molar-refractivity contribution in [3.05, 3.63) is 90.3 Å². The molecule has 206 valence electrons. The zero-order chi connectivity index (χ0) is 27.3. The number of nitrogens with zero attached hydrogens (tertiary/aromatic N) is 1. The van der Waals surface area contributed by atoms with Crippen LogP contribution in [0, 0.1) is 0 Å². The number of hydrogen-bond acceptors (Lipinski definition) is 6. The molecule has 1 aliphatic rings. The summed E-state index contributed by atoms with van der Waals surface area (Å²) in [6, 6.07) is 22.0. The Kier molecular flexibility index (Phi) is 11.4. The topological polar surface area (TPSA) is 89.6 Å². The van der Waals surface area contributed by atoms with E-state index in [0.717, 1.165) is 59.6 Å². The van der Waals surface area contributed by atoms with E-state index in [0.29, 0.717) is 12.8 Å². The van der Waals surface area contributed by atoms with Crippen LogP contribution >= 0.6 is 11.8 Å². The second-order valence-corrected chi connectivity index (χ2v) is 10.7. The standard InChI is InChI=1S/C31H37N3O4S/c1-32-29(35)11-7-2-3-8-12-30(36)34-25-15-13-23(14-16-25)28-21-26(22-39-27-17-19-33-20-18-27)37-31(38-28)24-9-5-4-6-10-24/h4-6,9-10,13-20,26,28,31H,2-3,7-8,11-12,21-22H2,1H3,(H,32,35)(H,34,36). The smallest absolute Gasteiger partial charge is 0.224 e. The first-order valence-corrected chi connectivity index (χ1v) is 14.6. The summed E-state index contributed by atoms with van der Waals surface area (Å²) in [6.45, 7) is 0. The highest BCUT2D eigenvalue weighted by Crippen LogP contribution is 2.39. The number of ether oxygens (including phenoxy) is 2. The molecule has 0 aliphatic carbocycles. The molecule has 1 saturated heterocycles. The molecule has 2 N–H and O–H groups in total. The van der Waals surface area contributed by atoms with Crippen molar-refractivity contribution in [2.24, 2.45) is 0 Å². The van der Waals surface area contributed by atoms with Gasteiger partial charge in [-0.05, 0) is 42.7 Å². The van der Waals surface area contributed by atoms with Gasteiger partial charge in [-0.25, -0.2) is 0 Å². The molecule has 8 heteroatoms. The van der Waals surface area contributed by atoms with Gasteiger partial charge in [-0.2, -0.15) is 0 Å². The number of benzene rings is 2. The molecule has 0 bridgehead atoms. The van der Waals surface area contributed by atoms with E-state index in [-0.39, 0.29) is 24.0 Å². The first kappa shape index (κ1) is 28.8. The van der Waals surface area contributed by atoms with E-state index >= 15 is 0 Å². The van der Waals surface area contributed by atoms with Gasteiger partial charge in [0.2, 0.25) is 11.8 Å². The van der Waals surface area contributed by atoms with Gasteiger partial charge < -0.3 is 20.1 Å². The van der Waals surface area contributed by atoms with Gasteiger partial charge in [-0.15, -0.1) is 11.8 Å². The fourth-order valence-electron chi connectivity index (χ4n) is 4.47. The first-order chi connectivity index (χ1) is 19.1. The Morgan fingerprint density at radius 3 is 2.23 bits per heavy atom. The maximum atomic E-state index is 12.4. The maximum absolute atomic E-state index is 12.4. The number of carbonyl (C=O) groups excluding carboxylic acids is 2. The number of thioether (sulfide) groups is 1. The zero-order valence-electron chi connectivity index (χ0n) is 22.4. The van der Waals surface area contributed by atoms with Crippen molar-refractivity contribution in [3.8, 4) is 0 Å². The van der Waals surface area contributed by atoms with Crippen molar-refractivity contribution in [2.45, 2.75) is 68.3 Å². The molecule has 0 spiro atoms. The average Bonchev–Trinajstić information content (AvgIpc) is 2.99. The van der Waals surface area contributed by atoms with Gasteiger partial charge in [-0.1, -0.05) is 55.3 Å². The summed E-state index contributed by atoms with van der Waals surface area (Å²) in [4.78, 5) is 28.9. The summed E-state index contributed by atoms with van der Waals surface area (Å²) in [7, 11) is 1.65. The highest BCUT2D eigenvalue weighted by atomic mass is 32.2. The molecule has 2 amide bonds. The second kappa shape index (κ2) is 15.4. The van der Waals surface area contributed by atoms with Crippen LogP contribution in [0.25, 0.3) is 0 Å². The largest absolute Gasteiger partial charge is 0.359 e. The van der Waals surface area contributed by atoms with E-state index in [1.807, 2.05) is 66.7 Å². The highest BCUT2D eigenvalue weighted by molar-refractivity contribution is 7.99. The van der Waals surface area contributed by atoms with Crippen LogP contribution in [-0.2, 0) is 19.1 Å². The minimum Gasteiger partial charge on any atom is -0.359 e. The van der Waals surface area contributed by atoms with Crippen LogP contribution in [0.2, 0.25) is 0 Å². The van der Waals surface area contributed by atoms with Gasteiger partial charge in [0.15, 0.2) is 6.29 Å². The summed E-state index contributed by atoms with van der Waals surface area (Å²) >= 11 is 1.76. The monoisotopic (exact) mass is 547 g/mol. The zero-order valence-corrected chi connectivity index (χ0v) is 23.2. The van der Waals surface area contributed by atoms with Crippen LogP contribution in [0.3, 0.4) is 0 Å². The van der Waals surface area contributed by atoms with Crippen molar-refractivity contribution >= 4 is 29.3 Å². The van der Waals surface area contributed by atoms with Gasteiger partial charge >= 0.3 is 0 Å². The second-order valence-electron chi connectivity index (χ2n) is 9.61. The van der Waals surface area contributed by atoms with E-state index in [4.69, 9.17) is 9.47 Å². The predicted molar refractivity (Wildman–Crippen MR) is 154 cm³/mol. The van der Waals surface area contributed by atoms with E-state index < -0.39 is 6.29 Å². The summed E-state index contributed by atoms with van der Waals surface area (Å²) in [6.07, 6.45) is 8.38. The van der Waals surface area contributed by atoms with Gasteiger partial charge in [0.1, 0.15) is 0 Å². The van der Waals surface area contributed by atoms with Gasteiger partial charge in [0.05, 0.1) is 12.2 Å². The Morgan fingerprint density at radius 1 is 0.846 bits per heavy atom. The van der Waals surface area contributed by atoms with Crippen molar-refractivity contribution < 1.29 is 19.1 Å². The normalized spacial score (nSPS) is 18.8. The number of amides is 2. The van der Waals surface area contributed by atoms with Crippen molar-refractivity contribution in [2.75, 3.05) is 18.1 Å². The van der Waals surface area contributed by atoms with Crippen molar-refractivity contribution in [1.82, 2.24) is 10.3 Å². The number of aromatic nitrogens is 1.